The predicted molar refractivity (Wildman–Crippen MR) is 104 cm³/mol. The summed E-state index contributed by atoms with van der Waals surface area (Å²) in [6.45, 7) is 7.67. The molecule has 0 aliphatic carbocycles. The van der Waals surface area contributed by atoms with Crippen LogP contribution in [0.1, 0.15) is 24.0 Å². The molecule has 0 bridgehead atoms. The van der Waals surface area contributed by atoms with Crippen LogP contribution in [0.15, 0.2) is 24.3 Å². The lowest BCUT2D eigenvalue weighted by molar-refractivity contribution is -0.0427. The number of morpholine rings is 1. The number of piperidine rings is 1. The maximum absolute atomic E-state index is 12.7. The van der Waals surface area contributed by atoms with E-state index in [1.807, 2.05) is 31.2 Å². The zero-order valence-corrected chi connectivity index (χ0v) is 16.7. The van der Waals surface area contributed by atoms with Gasteiger partial charge in [0.25, 0.3) is 0 Å². The first-order valence-electron chi connectivity index (χ1n) is 9.43. The average molecular weight is 382 g/mol. The van der Waals surface area contributed by atoms with E-state index < -0.39 is 10.0 Å². The van der Waals surface area contributed by atoms with E-state index in [0.717, 1.165) is 63.4 Å². The van der Waals surface area contributed by atoms with Crippen molar-refractivity contribution in [2.24, 2.45) is 0 Å². The Morgan fingerprint density at radius 3 is 2.50 bits per heavy atom. The van der Waals surface area contributed by atoms with Crippen LogP contribution >= 0.6 is 0 Å². The first kappa shape index (κ1) is 19.8. The molecule has 0 atom stereocenters. The molecular formula is C19H31N3O3S. The zero-order chi connectivity index (χ0) is 18.6. The third-order valence-electron chi connectivity index (χ3n) is 5.66. The number of nitrogens with one attached hydrogen (secondary N) is 1. The third-order valence-corrected chi connectivity index (χ3v) is 6.96. The van der Waals surface area contributed by atoms with E-state index >= 15 is 0 Å². The highest BCUT2D eigenvalue weighted by atomic mass is 32.2. The smallest absolute Gasteiger partial charge is 0.215 e. The Morgan fingerprint density at radius 1 is 1.15 bits per heavy atom. The Bertz CT molecular complexity index is 694. The first-order valence-corrected chi connectivity index (χ1v) is 11.1. The van der Waals surface area contributed by atoms with E-state index in [4.69, 9.17) is 4.74 Å². The molecule has 26 heavy (non-hydrogen) atoms. The molecule has 1 aromatic carbocycles. The van der Waals surface area contributed by atoms with Crippen LogP contribution in [0.25, 0.3) is 0 Å². The van der Waals surface area contributed by atoms with Gasteiger partial charge in [0.05, 0.1) is 19.0 Å². The third kappa shape index (κ3) is 5.04. The van der Waals surface area contributed by atoms with Crippen LogP contribution in [0.4, 0.5) is 0 Å². The van der Waals surface area contributed by atoms with Crippen molar-refractivity contribution in [3.05, 3.63) is 35.4 Å². The van der Waals surface area contributed by atoms with Crippen molar-refractivity contribution in [3.63, 3.8) is 0 Å². The molecule has 0 amide bonds. The largest absolute Gasteiger partial charge is 0.379 e. The molecule has 0 unspecified atom stereocenters. The number of likely N-dealkylation sites (tertiary alicyclic amines) is 1. The van der Waals surface area contributed by atoms with Crippen LogP contribution in [-0.4, -0.2) is 76.7 Å². The fourth-order valence-electron chi connectivity index (χ4n) is 3.99. The molecule has 146 valence electrons. The van der Waals surface area contributed by atoms with Crippen LogP contribution in [0.3, 0.4) is 0 Å². The molecule has 2 fully saturated rings. The van der Waals surface area contributed by atoms with Gasteiger partial charge in [-0.2, -0.15) is 0 Å². The minimum atomic E-state index is -3.36. The van der Waals surface area contributed by atoms with E-state index in [-0.39, 0.29) is 11.3 Å². The number of rotatable bonds is 6. The van der Waals surface area contributed by atoms with Crippen LogP contribution < -0.4 is 4.72 Å². The summed E-state index contributed by atoms with van der Waals surface area (Å²) in [6, 6.07) is 7.70. The second kappa shape index (κ2) is 8.35. The number of hydrogen-bond acceptors (Lipinski definition) is 5. The molecule has 6 nitrogen and oxygen atoms in total. The summed E-state index contributed by atoms with van der Waals surface area (Å²) < 4.78 is 33.8. The summed E-state index contributed by atoms with van der Waals surface area (Å²) in [7, 11) is -1.23. The summed E-state index contributed by atoms with van der Waals surface area (Å²) in [5.74, 6) is 0.0355. The van der Waals surface area contributed by atoms with Gasteiger partial charge in [-0.15, -0.1) is 0 Å². The lowest BCUT2D eigenvalue weighted by Crippen LogP contribution is -2.62. The maximum atomic E-state index is 12.7. The fourth-order valence-corrected chi connectivity index (χ4v) is 5.20. The second-order valence-electron chi connectivity index (χ2n) is 7.70. The molecule has 1 aromatic rings. The number of aryl methyl sites for hydroxylation is 1. The molecule has 0 aromatic heterocycles. The van der Waals surface area contributed by atoms with Crippen LogP contribution in [0.2, 0.25) is 0 Å². The van der Waals surface area contributed by atoms with Crippen molar-refractivity contribution >= 4 is 10.0 Å². The van der Waals surface area contributed by atoms with Gasteiger partial charge < -0.3 is 9.64 Å². The summed E-state index contributed by atoms with van der Waals surface area (Å²) in [5, 5.41) is 0. The Morgan fingerprint density at radius 2 is 1.85 bits per heavy atom. The lowest BCUT2D eigenvalue weighted by atomic mass is 9.85. The van der Waals surface area contributed by atoms with E-state index in [1.165, 1.54) is 0 Å². The monoisotopic (exact) mass is 381 g/mol. The standard InChI is InChI=1S/C19H31N3O3S/c1-17-4-3-5-18(14-17)15-26(23,24)20-16-19(6-8-21(2)9-7-19)22-10-12-25-13-11-22/h3-5,14,20H,6-13,15-16H2,1-2H3. The van der Waals surface area contributed by atoms with Crippen LogP contribution in [0, 0.1) is 6.92 Å². The topological polar surface area (TPSA) is 61.9 Å². The van der Waals surface area contributed by atoms with Gasteiger partial charge in [0, 0.05) is 25.2 Å². The summed E-state index contributed by atoms with van der Waals surface area (Å²) in [4.78, 5) is 4.76. The van der Waals surface area contributed by atoms with Crippen molar-refractivity contribution in [3.8, 4) is 0 Å². The average Bonchev–Trinajstić information content (AvgIpc) is 2.62. The summed E-state index contributed by atoms with van der Waals surface area (Å²) >= 11 is 0. The van der Waals surface area contributed by atoms with E-state index in [0.29, 0.717) is 6.54 Å². The zero-order valence-electron chi connectivity index (χ0n) is 15.9. The Balaban J connectivity index is 1.68. The highest BCUT2D eigenvalue weighted by Gasteiger charge is 2.40. The molecular weight excluding hydrogens is 350 g/mol. The number of ether oxygens (including phenoxy) is 1. The van der Waals surface area contributed by atoms with Crippen molar-refractivity contribution in [2.45, 2.75) is 31.1 Å². The Kier molecular flexibility index (Phi) is 6.35. The van der Waals surface area contributed by atoms with Crippen molar-refractivity contribution in [1.29, 1.82) is 0 Å². The number of hydrogen-bond donors (Lipinski definition) is 1. The quantitative estimate of drug-likeness (QED) is 0.803. The van der Waals surface area contributed by atoms with E-state index in [9.17, 15) is 8.42 Å². The lowest BCUT2D eigenvalue weighted by Gasteiger charge is -2.49. The molecule has 2 aliphatic rings. The highest BCUT2D eigenvalue weighted by Crippen LogP contribution is 2.29. The SMILES string of the molecule is Cc1cccc(CS(=O)(=O)NCC2(N3CCOCC3)CCN(C)CC2)c1. The van der Waals surface area contributed by atoms with Gasteiger partial charge in [-0.1, -0.05) is 29.8 Å². The van der Waals surface area contributed by atoms with Gasteiger partial charge in [0.15, 0.2) is 0 Å². The second-order valence-corrected chi connectivity index (χ2v) is 9.50. The summed E-state index contributed by atoms with van der Waals surface area (Å²) in [6.07, 6.45) is 1.97. The number of benzene rings is 1. The highest BCUT2D eigenvalue weighted by molar-refractivity contribution is 7.88. The summed E-state index contributed by atoms with van der Waals surface area (Å²) in [5.41, 5.74) is 1.81. The number of sulfonamides is 1. The minimum Gasteiger partial charge on any atom is -0.379 e. The van der Waals surface area contributed by atoms with E-state index in [1.54, 1.807) is 0 Å². The minimum absolute atomic E-state index is 0.0355. The molecule has 0 spiro atoms. The van der Waals surface area contributed by atoms with Crippen molar-refractivity contribution < 1.29 is 13.2 Å². The predicted octanol–water partition coefficient (Wildman–Crippen LogP) is 1.21. The van der Waals surface area contributed by atoms with Crippen molar-refractivity contribution in [1.82, 2.24) is 14.5 Å². The molecule has 2 aliphatic heterocycles. The van der Waals surface area contributed by atoms with Gasteiger partial charge in [-0.25, -0.2) is 13.1 Å². The van der Waals surface area contributed by atoms with Gasteiger partial charge >= 0.3 is 0 Å². The Labute approximate surface area is 157 Å². The first-order chi connectivity index (χ1) is 12.4. The maximum Gasteiger partial charge on any atom is 0.215 e. The molecule has 0 saturated carbocycles. The van der Waals surface area contributed by atoms with Crippen molar-refractivity contribution in [2.75, 3.05) is 53.0 Å². The fraction of sp³-hybridized carbons (Fsp3) is 0.684. The van der Waals surface area contributed by atoms with Gasteiger partial charge in [-0.05, 0) is 45.5 Å². The molecule has 0 radical (unpaired) electrons. The molecule has 7 heteroatoms. The van der Waals surface area contributed by atoms with Gasteiger partial charge in [0.2, 0.25) is 10.0 Å². The molecule has 3 rings (SSSR count). The van der Waals surface area contributed by atoms with Gasteiger partial charge in [-0.3, -0.25) is 4.90 Å². The van der Waals surface area contributed by atoms with Crippen LogP contribution in [-0.2, 0) is 20.5 Å². The van der Waals surface area contributed by atoms with Gasteiger partial charge in [0.1, 0.15) is 0 Å². The molecule has 1 N–H and O–H groups in total. The molecule has 2 heterocycles. The number of nitrogens with zero attached hydrogens (tertiary/aromatic N) is 2. The normalized spacial score (nSPS) is 22.4. The molecule has 2 saturated heterocycles. The van der Waals surface area contributed by atoms with E-state index in [2.05, 4.69) is 21.6 Å². The van der Waals surface area contributed by atoms with Crippen LogP contribution in [0.5, 0.6) is 0 Å². The Hall–Kier alpha value is -0.990.